The summed E-state index contributed by atoms with van der Waals surface area (Å²) in [6, 6.07) is 2.40. The third-order valence-electron chi connectivity index (χ3n) is 3.01. The Morgan fingerprint density at radius 2 is 1.92 bits per heavy atom. The van der Waals surface area contributed by atoms with Crippen molar-refractivity contribution in [2.24, 2.45) is 11.3 Å². The van der Waals surface area contributed by atoms with Crippen LogP contribution in [-0.4, -0.2) is 26.4 Å². The van der Waals surface area contributed by atoms with Gasteiger partial charge in [0.25, 0.3) is 0 Å². The van der Waals surface area contributed by atoms with Crippen LogP contribution in [0.15, 0.2) is 0 Å². The molecule has 0 aromatic rings. The summed E-state index contributed by atoms with van der Waals surface area (Å²) in [7, 11) is 0. The summed E-state index contributed by atoms with van der Waals surface area (Å²) < 4.78 is 10.4. The molecule has 72 valence electrons. The number of hydrogen-bond acceptors (Lipinski definition) is 3. The van der Waals surface area contributed by atoms with E-state index in [-0.39, 0.29) is 5.41 Å². The highest BCUT2D eigenvalue weighted by molar-refractivity contribution is 5.04. The van der Waals surface area contributed by atoms with Gasteiger partial charge >= 0.3 is 0 Å². The van der Waals surface area contributed by atoms with E-state index in [4.69, 9.17) is 14.7 Å². The van der Waals surface area contributed by atoms with Gasteiger partial charge in [-0.1, -0.05) is 0 Å². The van der Waals surface area contributed by atoms with Gasteiger partial charge in [-0.25, -0.2) is 0 Å². The Balaban J connectivity index is 1.85. The number of rotatable bonds is 2. The molecule has 2 aliphatic rings. The smallest absolute Gasteiger partial charge is 0.104 e. The minimum atomic E-state index is -0.151. The van der Waals surface area contributed by atoms with Crippen LogP contribution in [0.2, 0.25) is 0 Å². The lowest BCUT2D eigenvalue weighted by molar-refractivity contribution is -0.0948. The third-order valence-corrected chi connectivity index (χ3v) is 3.01. The van der Waals surface area contributed by atoms with Crippen LogP contribution in [0.4, 0.5) is 0 Å². The van der Waals surface area contributed by atoms with E-state index >= 15 is 0 Å². The van der Waals surface area contributed by atoms with Gasteiger partial charge in [0.05, 0.1) is 19.3 Å². The Kier molecular flexibility index (Phi) is 2.52. The molecule has 0 saturated carbocycles. The molecule has 2 aliphatic heterocycles. The summed E-state index contributed by atoms with van der Waals surface area (Å²) in [5.41, 5.74) is -0.151. The van der Waals surface area contributed by atoms with Crippen LogP contribution >= 0.6 is 0 Å². The molecule has 0 aromatic carbocycles. The van der Waals surface area contributed by atoms with Crippen molar-refractivity contribution in [2.75, 3.05) is 26.4 Å². The lowest BCUT2D eigenvalue weighted by Gasteiger charge is -2.38. The zero-order valence-electron chi connectivity index (χ0n) is 7.79. The Hall–Kier alpha value is -0.590. The lowest BCUT2D eigenvalue weighted by atomic mass is 9.76. The molecule has 0 bridgehead atoms. The molecule has 2 saturated heterocycles. The lowest BCUT2D eigenvalue weighted by Crippen LogP contribution is -2.43. The van der Waals surface area contributed by atoms with E-state index in [0.717, 1.165) is 32.5 Å². The maximum atomic E-state index is 9.01. The maximum Gasteiger partial charge on any atom is 0.104 e. The Labute approximate surface area is 78.6 Å². The minimum Gasteiger partial charge on any atom is -0.381 e. The van der Waals surface area contributed by atoms with Gasteiger partial charge in [-0.3, -0.25) is 0 Å². The van der Waals surface area contributed by atoms with Crippen molar-refractivity contribution in [1.29, 1.82) is 5.26 Å². The first kappa shape index (κ1) is 8.98. The number of nitrogens with zero attached hydrogens (tertiary/aromatic N) is 1. The monoisotopic (exact) mass is 181 g/mol. The van der Waals surface area contributed by atoms with Gasteiger partial charge in [-0.2, -0.15) is 5.26 Å². The predicted molar refractivity (Wildman–Crippen MR) is 47.0 cm³/mol. The Morgan fingerprint density at radius 3 is 2.38 bits per heavy atom. The maximum absolute atomic E-state index is 9.01. The fourth-order valence-corrected chi connectivity index (χ4v) is 2.08. The van der Waals surface area contributed by atoms with Crippen LogP contribution in [0.25, 0.3) is 0 Å². The number of nitriles is 1. The van der Waals surface area contributed by atoms with E-state index in [2.05, 4.69) is 6.07 Å². The molecule has 0 aliphatic carbocycles. The topological polar surface area (TPSA) is 42.2 Å². The second-order valence-corrected chi connectivity index (χ2v) is 4.14. The molecule has 2 heterocycles. The van der Waals surface area contributed by atoms with Crippen molar-refractivity contribution in [1.82, 2.24) is 0 Å². The first-order valence-corrected chi connectivity index (χ1v) is 4.91. The van der Waals surface area contributed by atoms with Gasteiger partial charge in [0.2, 0.25) is 0 Å². The molecule has 3 heteroatoms. The first-order chi connectivity index (χ1) is 6.35. The fourth-order valence-electron chi connectivity index (χ4n) is 2.08. The quantitative estimate of drug-likeness (QED) is 0.645. The molecule has 2 fully saturated rings. The molecule has 0 aromatic heterocycles. The van der Waals surface area contributed by atoms with E-state index in [1.807, 2.05) is 0 Å². The standard InChI is InChI=1S/C10H15NO2/c11-6-10(7-13-8-10)5-9-1-3-12-4-2-9/h9H,1-5,7-8H2. The van der Waals surface area contributed by atoms with E-state index in [9.17, 15) is 0 Å². The van der Waals surface area contributed by atoms with Crippen LogP contribution in [0.3, 0.4) is 0 Å². The van der Waals surface area contributed by atoms with E-state index in [1.165, 1.54) is 0 Å². The SMILES string of the molecule is N#CC1(CC2CCOCC2)COC1. The predicted octanol–water partition coefficient (Wildman–Crippen LogP) is 1.34. The molecule has 0 unspecified atom stereocenters. The van der Waals surface area contributed by atoms with Crippen LogP contribution in [0.5, 0.6) is 0 Å². The fraction of sp³-hybridized carbons (Fsp3) is 0.900. The molecule has 0 radical (unpaired) electrons. The van der Waals surface area contributed by atoms with Crippen molar-refractivity contribution in [3.63, 3.8) is 0 Å². The minimum absolute atomic E-state index is 0.151. The molecule has 13 heavy (non-hydrogen) atoms. The van der Waals surface area contributed by atoms with Crippen LogP contribution in [0, 0.1) is 22.7 Å². The van der Waals surface area contributed by atoms with E-state index < -0.39 is 0 Å². The molecule has 0 spiro atoms. The van der Waals surface area contributed by atoms with Crippen molar-refractivity contribution < 1.29 is 9.47 Å². The van der Waals surface area contributed by atoms with Gasteiger partial charge in [-0.05, 0) is 25.2 Å². The third kappa shape index (κ3) is 1.84. The van der Waals surface area contributed by atoms with Gasteiger partial charge in [0.1, 0.15) is 5.41 Å². The number of ether oxygens (including phenoxy) is 2. The second kappa shape index (κ2) is 3.65. The van der Waals surface area contributed by atoms with E-state index in [0.29, 0.717) is 19.1 Å². The number of hydrogen-bond donors (Lipinski definition) is 0. The molecular weight excluding hydrogens is 166 g/mol. The van der Waals surface area contributed by atoms with Crippen molar-refractivity contribution in [3.05, 3.63) is 0 Å². The molecule has 2 rings (SSSR count). The van der Waals surface area contributed by atoms with Gasteiger partial charge < -0.3 is 9.47 Å². The second-order valence-electron chi connectivity index (χ2n) is 4.14. The molecule has 0 amide bonds. The van der Waals surface area contributed by atoms with Gasteiger partial charge in [0.15, 0.2) is 0 Å². The highest BCUT2D eigenvalue weighted by Gasteiger charge is 2.40. The van der Waals surface area contributed by atoms with Gasteiger partial charge in [0, 0.05) is 13.2 Å². The van der Waals surface area contributed by atoms with Gasteiger partial charge in [-0.15, -0.1) is 0 Å². The normalized spacial score (nSPS) is 27.6. The zero-order valence-corrected chi connectivity index (χ0v) is 7.79. The van der Waals surface area contributed by atoms with Crippen molar-refractivity contribution in [3.8, 4) is 6.07 Å². The Bertz CT molecular complexity index is 211. The molecule has 0 atom stereocenters. The van der Waals surface area contributed by atoms with E-state index in [1.54, 1.807) is 0 Å². The van der Waals surface area contributed by atoms with Crippen LogP contribution in [0.1, 0.15) is 19.3 Å². The molecule has 3 nitrogen and oxygen atoms in total. The van der Waals surface area contributed by atoms with Crippen molar-refractivity contribution in [2.45, 2.75) is 19.3 Å². The largest absolute Gasteiger partial charge is 0.381 e. The molecule has 0 N–H and O–H groups in total. The first-order valence-electron chi connectivity index (χ1n) is 4.91. The van der Waals surface area contributed by atoms with Crippen molar-refractivity contribution >= 4 is 0 Å². The summed E-state index contributed by atoms with van der Waals surface area (Å²) in [5.74, 6) is 0.678. The highest BCUT2D eigenvalue weighted by Crippen LogP contribution is 2.36. The summed E-state index contributed by atoms with van der Waals surface area (Å²) >= 11 is 0. The Morgan fingerprint density at radius 1 is 1.23 bits per heavy atom. The summed E-state index contributed by atoms with van der Waals surface area (Å²) in [6.45, 7) is 3.02. The summed E-state index contributed by atoms with van der Waals surface area (Å²) in [6.07, 6.45) is 3.24. The van der Waals surface area contributed by atoms with Crippen LogP contribution < -0.4 is 0 Å². The average molecular weight is 181 g/mol. The van der Waals surface area contributed by atoms with Crippen LogP contribution in [-0.2, 0) is 9.47 Å². The summed E-state index contributed by atoms with van der Waals surface area (Å²) in [5, 5.41) is 9.01. The molecular formula is C10H15NO2. The summed E-state index contributed by atoms with van der Waals surface area (Å²) in [4.78, 5) is 0. The zero-order chi connectivity index (χ0) is 9.15. The highest BCUT2D eigenvalue weighted by atomic mass is 16.5. The average Bonchev–Trinajstić information content (AvgIpc) is 2.13.